The Morgan fingerprint density at radius 2 is 1.31 bits per heavy atom. The number of anilines is 3. The Morgan fingerprint density at radius 3 is 1.92 bits per heavy atom. The fourth-order valence-corrected chi connectivity index (χ4v) is 3.52. The molecule has 0 amide bonds. The molecular formula is C18H25N7O. The highest BCUT2D eigenvalue weighted by atomic mass is 16.5. The predicted molar refractivity (Wildman–Crippen MR) is 101 cm³/mol. The van der Waals surface area contributed by atoms with Gasteiger partial charge in [-0.1, -0.05) is 0 Å². The zero-order valence-corrected chi connectivity index (χ0v) is 15.2. The summed E-state index contributed by atoms with van der Waals surface area (Å²) in [6, 6.07) is 2.13. The van der Waals surface area contributed by atoms with E-state index in [9.17, 15) is 0 Å². The lowest BCUT2D eigenvalue weighted by atomic mass is 10.1. The molecule has 8 heteroatoms. The molecule has 0 atom stereocenters. The monoisotopic (exact) mass is 355 g/mol. The molecule has 26 heavy (non-hydrogen) atoms. The molecule has 2 aliphatic rings. The zero-order chi connectivity index (χ0) is 17.8. The average Bonchev–Trinajstić information content (AvgIpc) is 2.75. The van der Waals surface area contributed by atoms with Crippen LogP contribution in [0.2, 0.25) is 0 Å². The molecule has 4 rings (SSSR count). The summed E-state index contributed by atoms with van der Waals surface area (Å²) in [4.78, 5) is 24.6. The first-order chi connectivity index (χ1) is 12.8. The van der Waals surface area contributed by atoms with E-state index in [-0.39, 0.29) is 0 Å². The first-order valence-electron chi connectivity index (χ1n) is 9.26. The molecule has 2 aliphatic heterocycles. The van der Waals surface area contributed by atoms with Gasteiger partial charge in [-0.2, -0.15) is 0 Å². The van der Waals surface area contributed by atoms with Gasteiger partial charge in [0.15, 0.2) is 5.75 Å². The highest BCUT2D eigenvalue weighted by molar-refractivity contribution is 5.51. The molecule has 0 N–H and O–H groups in total. The van der Waals surface area contributed by atoms with Crippen LogP contribution in [0.15, 0.2) is 24.8 Å². The van der Waals surface area contributed by atoms with Crippen molar-refractivity contribution in [2.45, 2.75) is 19.3 Å². The van der Waals surface area contributed by atoms with E-state index in [1.165, 1.54) is 19.3 Å². The maximum atomic E-state index is 5.12. The van der Waals surface area contributed by atoms with Crippen molar-refractivity contribution in [1.82, 2.24) is 19.9 Å². The number of hydrogen-bond acceptors (Lipinski definition) is 8. The normalized spacial score (nSPS) is 18.1. The molecule has 0 bridgehead atoms. The maximum absolute atomic E-state index is 5.12. The molecule has 0 unspecified atom stereocenters. The molecule has 0 spiro atoms. The summed E-state index contributed by atoms with van der Waals surface area (Å²) in [7, 11) is 1.62. The number of ether oxygens (including phenoxy) is 1. The molecule has 0 saturated carbocycles. The smallest absolute Gasteiger partial charge is 0.225 e. The molecule has 0 aliphatic carbocycles. The van der Waals surface area contributed by atoms with Crippen molar-refractivity contribution in [3.05, 3.63) is 24.8 Å². The van der Waals surface area contributed by atoms with Crippen LogP contribution < -0.4 is 19.4 Å². The van der Waals surface area contributed by atoms with Gasteiger partial charge in [-0.15, -0.1) is 0 Å². The van der Waals surface area contributed by atoms with Gasteiger partial charge in [0.25, 0.3) is 0 Å². The number of methoxy groups -OCH3 is 1. The number of rotatable bonds is 4. The van der Waals surface area contributed by atoms with Crippen LogP contribution in [-0.4, -0.2) is 66.3 Å². The number of piperidine rings is 1. The minimum atomic E-state index is 0.679. The first kappa shape index (κ1) is 16.8. The quantitative estimate of drug-likeness (QED) is 0.819. The Hall–Kier alpha value is -2.64. The molecule has 8 nitrogen and oxygen atoms in total. The third-order valence-corrected chi connectivity index (χ3v) is 5.05. The Morgan fingerprint density at radius 1 is 0.731 bits per heavy atom. The Balaban J connectivity index is 1.39. The summed E-state index contributed by atoms with van der Waals surface area (Å²) in [6.07, 6.45) is 8.94. The second-order valence-corrected chi connectivity index (χ2v) is 6.68. The SMILES string of the molecule is COc1cnc(N2CCN(c3cc(N4CCCCC4)ncn3)CC2)nc1. The van der Waals surface area contributed by atoms with Crippen LogP contribution in [0.5, 0.6) is 5.75 Å². The number of nitrogens with zero attached hydrogens (tertiary/aromatic N) is 7. The van der Waals surface area contributed by atoms with E-state index < -0.39 is 0 Å². The molecule has 0 aromatic carbocycles. The summed E-state index contributed by atoms with van der Waals surface area (Å²) in [5.41, 5.74) is 0. The van der Waals surface area contributed by atoms with Crippen molar-refractivity contribution in [2.75, 3.05) is 61.1 Å². The van der Waals surface area contributed by atoms with Gasteiger partial charge < -0.3 is 19.4 Å². The van der Waals surface area contributed by atoms with Crippen LogP contribution in [0.4, 0.5) is 17.6 Å². The highest BCUT2D eigenvalue weighted by Crippen LogP contribution is 2.22. The summed E-state index contributed by atoms with van der Waals surface area (Å²) < 4.78 is 5.12. The first-order valence-corrected chi connectivity index (χ1v) is 9.26. The minimum Gasteiger partial charge on any atom is -0.494 e. The standard InChI is InChI=1S/C18H25N7O/c1-26-15-12-19-18(20-13-15)25-9-7-24(8-10-25)17-11-16(21-14-22-17)23-5-3-2-4-6-23/h11-14H,2-10H2,1H3. The van der Waals surface area contributed by atoms with Crippen LogP contribution in [-0.2, 0) is 0 Å². The molecule has 2 aromatic heterocycles. The Kier molecular flexibility index (Phi) is 4.99. The predicted octanol–water partition coefficient (Wildman–Crippen LogP) is 1.59. The summed E-state index contributed by atoms with van der Waals surface area (Å²) in [5, 5.41) is 0. The van der Waals surface area contributed by atoms with Gasteiger partial charge in [0.1, 0.15) is 18.0 Å². The third kappa shape index (κ3) is 3.63. The van der Waals surface area contributed by atoms with Crippen molar-refractivity contribution in [2.24, 2.45) is 0 Å². The van der Waals surface area contributed by atoms with Crippen molar-refractivity contribution in [3.8, 4) is 5.75 Å². The lowest BCUT2D eigenvalue weighted by Crippen LogP contribution is -2.47. The fraction of sp³-hybridized carbons (Fsp3) is 0.556. The number of hydrogen-bond donors (Lipinski definition) is 0. The molecule has 138 valence electrons. The van der Waals surface area contributed by atoms with Crippen molar-refractivity contribution < 1.29 is 4.74 Å². The zero-order valence-electron chi connectivity index (χ0n) is 15.2. The van der Waals surface area contributed by atoms with Crippen LogP contribution in [0.3, 0.4) is 0 Å². The molecular weight excluding hydrogens is 330 g/mol. The van der Waals surface area contributed by atoms with Gasteiger partial charge in [0.2, 0.25) is 5.95 Å². The van der Waals surface area contributed by atoms with Crippen molar-refractivity contribution in [1.29, 1.82) is 0 Å². The van der Waals surface area contributed by atoms with Crippen LogP contribution in [0.25, 0.3) is 0 Å². The Labute approximate surface area is 153 Å². The summed E-state index contributed by atoms with van der Waals surface area (Å²) >= 11 is 0. The molecule has 0 radical (unpaired) electrons. The van der Waals surface area contributed by atoms with Crippen molar-refractivity contribution in [3.63, 3.8) is 0 Å². The van der Waals surface area contributed by atoms with E-state index >= 15 is 0 Å². The summed E-state index contributed by atoms with van der Waals surface area (Å²) in [6.45, 7) is 5.72. The van der Waals surface area contributed by atoms with Gasteiger partial charge >= 0.3 is 0 Å². The highest BCUT2D eigenvalue weighted by Gasteiger charge is 2.21. The number of aromatic nitrogens is 4. The van der Waals surface area contributed by atoms with Gasteiger partial charge in [0.05, 0.1) is 19.5 Å². The van der Waals surface area contributed by atoms with E-state index in [1.807, 2.05) is 0 Å². The molecule has 2 aromatic rings. The lowest BCUT2D eigenvalue weighted by molar-refractivity contribution is 0.410. The summed E-state index contributed by atoms with van der Waals surface area (Å²) in [5.74, 6) is 3.49. The van der Waals surface area contributed by atoms with Gasteiger partial charge in [-0.05, 0) is 19.3 Å². The maximum Gasteiger partial charge on any atom is 0.225 e. The minimum absolute atomic E-state index is 0.679. The van der Waals surface area contributed by atoms with Crippen LogP contribution >= 0.6 is 0 Å². The molecule has 2 fully saturated rings. The van der Waals surface area contributed by atoms with Gasteiger partial charge in [-0.3, -0.25) is 0 Å². The van der Waals surface area contributed by atoms with E-state index in [0.29, 0.717) is 5.75 Å². The topological polar surface area (TPSA) is 70.5 Å². The van der Waals surface area contributed by atoms with E-state index in [4.69, 9.17) is 4.74 Å². The number of piperazine rings is 1. The average molecular weight is 355 g/mol. The lowest BCUT2D eigenvalue weighted by Gasteiger charge is -2.35. The van der Waals surface area contributed by atoms with Crippen molar-refractivity contribution >= 4 is 17.6 Å². The second kappa shape index (κ2) is 7.72. The largest absolute Gasteiger partial charge is 0.494 e. The molecule has 2 saturated heterocycles. The molecule has 4 heterocycles. The Bertz CT molecular complexity index is 710. The second-order valence-electron chi connectivity index (χ2n) is 6.68. The van der Waals surface area contributed by atoms with Gasteiger partial charge in [0, 0.05) is 45.3 Å². The van der Waals surface area contributed by atoms with E-state index in [1.54, 1.807) is 25.8 Å². The van der Waals surface area contributed by atoms with Gasteiger partial charge in [-0.25, -0.2) is 19.9 Å². The van der Waals surface area contributed by atoms with Crippen LogP contribution in [0.1, 0.15) is 19.3 Å². The third-order valence-electron chi connectivity index (χ3n) is 5.05. The van der Waals surface area contributed by atoms with Crippen LogP contribution in [0, 0.1) is 0 Å². The van der Waals surface area contributed by atoms with E-state index in [2.05, 4.69) is 40.7 Å². The van der Waals surface area contributed by atoms with E-state index in [0.717, 1.165) is 56.9 Å². The fourth-order valence-electron chi connectivity index (χ4n) is 3.52.